The molecule has 1 atom stereocenters. The van der Waals surface area contributed by atoms with E-state index in [0.29, 0.717) is 0 Å². The fourth-order valence-electron chi connectivity index (χ4n) is 1.22. The summed E-state index contributed by atoms with van der Waals surface area (Å²) in [6, 6.07) is 1.89. The van der Waals surface area contributed by atoms with Crippen LogP contribution in [-0.2, 0) is 6.42 Å². The molecular formula is C10H13NO. The highest BCUT2D eigenvalue weighted by Crippen LogP contribution is 2.18. The lowest BCUT2D eigenvalue weighted by molar-refractivity contribution is 0.507. The van der Waals surface area contributed by atoms with Crippen LogP contribution in [0.25, 0.3) is 0 Å². The molecule has 0 spiro atoms. The Morgan fingerprint density at radius 3 is 3.00 bits per heavy atom. The predicted molar refractivity (Wildman–Crippen MR) is 48.7 cm³/mol. The molecule has 0 aliphatic heterocycles. The molecule has 0 aliphatic carbocycles. The average Bonchev–Trinajstić information content (AvgIpc) is 2.55. The SMILES string of the molecule is C#CC(NC)c1ccoc1CC. The zero-order chi connectivity index (χ0) is 8.97. The van der Waals surface area contributed by atoms with Crippen LogP contribution in [0.1, 0.15) is 24.3 Å². The van der Waals surface area contributed by atoms with Crippen molar-refractivity contribution in [3.05, 3.63) is 23.7 Å². The molecule has 1 aromatic heterocycles. The Labute approximate surface area is 73.0 Å². The first-order valence-corrected chi connectivity index (χ1v) is 4.03. The molecule has 1 unspecified atom stereocenters. The van der Waals surface area contributed by atoms with Crippen molar-refractivity contribution < 1.29 is 4.42 Å². The Bertz CT molecular complexity index is 282. The minimum absolute atomic E-state index is 0.0290. The Hall–Kier alpha value is -1.20. The van der Waals surface area contributed by atoms with Crippen LogP contribution in [0, 0.1) is 12.3 Å². The number of hydrogen-bond donors (Lipinski definition) is 1. The third kappa shape index (κ3) is 1.51. The fraction of sp³-hybridized carbons (Fsp3) is 0.400. The summed E-state index contributed by atoms with van der Waals surface area (Å²) in [5.74, 6) is 3.62. The Morgan fingerprint density at radius 1 is 1.75 bits per heavy atom. The van der Waals surface area contributed by atoms with E-state index in [0.717, 1.165) is 17.7 Å². The van der Waals surface area contributed by atoms with Gasteiger partial charge in [0.2, 0.25) is 0 Å². The number of nitrogens with one attached hydrogen (secondary N) is 1. The molecule has 0 bridgehead atoms. The molecule has 12 heavy (non-hydrogen) atoms. The van der Waals surface area contributed by atoms with E-state index in [9.17, 15) is 0 Å². The maximum absolute atomic E-state index is 5.34. The van der Waals surface area contributed by atoms with Crippen LogP contribution in [0.3, 0.4) is 0 Å². The summed E-state index contributed by atoms with van der Waals surface area (Å²) in [5.41, 5.74) is 1.07. The zero-order valence-electron chi connectivity index (χ0n) is 7.42. The topological polar surface area (TPSA) is 25.2 Å². The van der Waals surface area contributed by atoms with Crippen molar-refractivity contribution in [2.75, 3.05) is 7.05 Å². The molecule has 0 aromatic carbocycles. The predicted octanol–water partition coefficient (Wildman–Crippen LogP) is 1.74. The maximum Gasteiger partial charge on any atom is 0.109 e. The summed E-state index contributed by atoms with van der Waals surface area (Å²) in [5, 5.41) is 3.03. The van der Waals surface area contributed by atoms with E-state index in [2.05, 4.69) is 11.2 Å². The van der Waals surface area contributed by atoms with Gasteiger partial charge in [-0.2, -0.15) is 0 Å². The van der Waals surface area contributed by atoms with Gasteiger partial charge in [0.25, 0.3) is 0 Å². The molecule has 2 heteroatoms. The Balaban J connectivity index is 2.93. The highest BCUT2D eigenvalue weighted by Gasteiger charge is 2.11. The highest BCUT2D eigenvalue weighted by atomic mass is 16.3. The van der Waals surface area contributed by atoms with Crippen molar-refractivity contribution in [2.24, 2.45) is 0 Å². The van der Waals surface area contributed by atoms with Crippen LogP contribution in [-0.4, -0.2) is 7.05 Å². The summed E-state index contributed by atoms with van der Waals surface area (Å²) in [6.45, 7) is 2.05. The lowest BCUT2D eigenvalue weighted by Gasteiger charge is -2.07. The van der Waals surface area contributed by atoms with E-state index in [1.165, 1.54) is 0 Å². The molecule has 1 N–H and O–H groups in total. The zero-order valence-corrected chi connectivity index (χ0v) is 7.42. The number of rotatable bonds is 3. The smallest absolute Gasteiger partial charge is 0.109 e. The standard InChI is InChI=1S/C10H13NO/c1-4-9(11-3)8-6-7-12-10(8)5-2/h1,6-7,9,11H,5H2,2-3H3. The first-order chi connectivity index (χ1) is 5.83. The first-order valence-electron chi connectivity index (χ1n) is 4.03. The largest absolute Gasteiger partial charge is 0.469 e. The summed E-state index contributed by atoms with van der Waals surface area (Å²) in [6.07, 6.45) is 7.90. The molecule has 0 aliphatic rings. The van der Waals surface area contributed by atoms with Crippen LogP contribution >= 0.6 is 0 Å². The van der Waals surface area contributed by atoms with Crippen molar-refractivity contribution in [3.63, 3.8) is 0 Å². The summed E-state index contributed by atoms with van der Waals surface area (Å²) < 4.78 is 5.26. The van der Waals surface area contributed by atoms with Crippen LogP contribution in [0.2, 0.25) is 0 Å². The maximum atomic E-state index is 5.34. The lowest BCUT2D eigenvalue weighted by Crippen LogP contribution is -2.14. The summed E-state index contributed by atoms with van der Waals surface area (Å²) in [4.78, 5) is 0. The van der Waals surface area contributed by atoms with Gasteiger partial charge in [-0.15, -0.1) is 6.42 Å². The normalized spacial score (nSPS) is 12.4. The minimum atomic E-state index is -0.0290. The third-order valence-electron chi connectivity index (χ3n) is 1.87. The van der Waals surface area contributed by atoms with Crippen LogP contribution < -0.4 is 5.32 Å². The van der Waals surface area contributed by atoms with Gasteiger partial charge < -0.3 is 9.73 Å². The second-order valence-electron chi connectivity index (χ2n) is 2.54. The van der Waals surface area contributed by atoms with Gasteiger partial charge in [-0.05, 0) is 13.1 Å². The van der Waals surface area contributed by atoms with E-state index in [-0.39, 0.29) is 6.04 Å². The van der Waals surface area contributed by atoms with Gasteiger partial charge in [-0.3, -0.25) is 0 Å². The van der Waals surface area contributed by atoms with Crippen molar-refractivity contribution in [3.8, 4) is 12.3 Å². The van der Waals surface area contributed by atoms with Gasteiger partial charge in [0.1, 0.15) is 5.76 Å². The van der Waals surface area contributed by atoms with Crippen molar-refractivity contribution >= 4 is 0 Å². The second-order valence-corrected chi connectivity index (χ2v) is 2.54. The Morgan fingerprint density at radius 2 is 2.50 bits per heavy atom. The van der Waals surface area contributed by atoms with E-state index < -0.39 is 0 Å². The monoisotopic (exact) mass is 163 g/mol. The summed E-state index contributed by atoms with van der Waals surface area (Å²) >= 11 is 0. The van der Waals surface area contributed by atoms with Crippen LogP contribution in [0.4, 0.5) is 0 Å². The second kappa shape index (κ2) is 3.99. The molecule has 1 heterocycles. The van der Waals surface area contributed by atoms with E-state index >= 15 is 0 Å². The molecule has 1 aromatic rings. The third-order valence-corrected chi connectivity index (χ3v) is 1.87. The minimum Gasteiger partial charge on any atom is -0.469 e. The van der Waals surface area contributed by atoms with Crippen LogP contribution in [0.5, 0.6) is 0 Å². The van der Waals surface area contributed by atoms with Gasteiger partial charge in [0, 0.05) is 12.0 Å². The van der Waals surface area contributed by atoms with E-state index in [1.54, 1.807) is 6.26 Å². The van der Waals surface area contributed by atoms with Crippen LogP contribution in [0.15, 0.2) is 16.7 Å². The Kier molecular flexibility index (Phi) is 2.95. The molecule has 0 radical (unpaired) electrons. The molecular weight excluding hydrogens is 150 g/mol. The number of hydrogen-bond acceptors (Lipinski definition) is 2. The average molecular weight is 163 g/mol. The van der Waals surface area contributed by atoms with Crippen molar-refractivity contribution in [1.29, 1.82) is 0 Å². The highest BCUT2D eigenvalue weighted by molar-refractivity contribution is 5.27. The number of furan rings is 1. The molecule has 0 amide bonds. The van der Waals surface area contributed by atoms with Crippen molar-refractivity contribution in [1.82, 2.24) is 5.32 Å². The molecule has 1 rings (SSSR count). The van der Waals surface area contributed by atoms with E-state index in [1.807, 2.05) is 20.0 Å². The quantitative estimate of drug-likeness (QED) is 0.686. The fourth-order valence-corrected chi connectivity index (χ4v) is 1.22. The number of terminal acetylenes is 1. The van der Waals surface area contributed by atoms with Gasteiger partial charge in [0.15, 0.2) is 0 Å². The van der Waals surface area contributed by atoms with Gasteiger partial charge in [-0.25, -0.2) is 0 Å². The van der Waals surface area contributed by atoms with Gasteiger partial charge in [0.05, 0.1) is 12.3 Å². The first kappa shape index (κ1) is 8.89. The number of aryl methyl sites for hydroxylation is 1. The molecule has 0 saturated carbocycles. The molecule has 0 saturated heterocycles. The van der Waals surface area contributed by atoms with E-state index in [4.69, 9.17) is 10.8 Å². The molecule has 0 fully saturated rings. The van der Waals surface area contributed by atoms with Crippen molar-refractivity contribution in [2.45, 2.75) is 19.4 Å². The lowest BCUT2D eigenvalue weighted by atomic mass is 10.1. The molecule has 64 valence electrons. The van der Waals surface area contributed by atoms with Gasteiger partial charge >= 0.3 is 0 Å². The molecule has 2 nitrogen and oxygen atoms in total. The summed E-state index contributed by atoms with van der Waals surface area (Å²) in [7, 11) is 1.84. The van der Waals surface area contributed by atoms with Gasteiger partial charge in [-0.1, -0.05) is 12.8 Å².